The van der Waals surface area contributed by atoms with E-state index in [0.29, 0.717) is 23.2 Å². The predicted molar refractivity (Wildman–Crippen MR) is 268 cm³/mol. The van der Waals surface area contributed by atoms with E-state index in [0.717, 1.165) is 10.8 Å². The molecule has 4 rings (SSSR count). The van der Waals surface area contributed by atoms with Gasteiger partial charge in [-0.25, -0.2) is 9.59 Å². The van der Waals surface area contributed by atoms with Gasteiger partial charge in [-0.1, -0.05) is 36.4 Å². The minimum absolute atomic E-state index is 0.0279. The second-order valence-corrected chi connectivity index (χ2v) is 18.2. The zero-order valence-corrected chi connectivity index (χ0v) is 41.8. The molecule has 0 spiro atoms. The van der Waals surface area contributed by atoms with Gasteiger partial charge in [-0.2, -0.15) is 0 Å². The average Bonchev–Trinajstić information content (AvgIpc) is 3.34. The number of aromatic nitrogens is 1. The summed E-state index contributed by atoms with van der Waals surface area (Å²) in [6.07, 6.45) is 1.24. The van der Waals surface area contributed by atoms with Gasteiger partial charge >= 0.3 is 41.8 Å². The lowest BCUT2D eigenvalue weighted by Crippen LogP contribution is -2.52. The Balaban J connectivity index is 1.40. The fraction of sp³-hybridized carbons (Fsp3) is 0.500. The number of unbranched alkanes of at least 4 members (excludes halogenated alkanes) is 1. The van der Waals surface area contributed by atoms with Crippen LogP contribution in [0.3, 0.4) is 0 Å². The van der Waals surface area contributed by atoms with Crippen molar-refractivity contribution in [1.82, 2.24) is 45.4 Å². The number of hydrogen-bond donors (Lipinski definition) is 9. The number of carboxylic acid groups (broad SMARTS) is 6. The second-order valence-electron chi connectivity index (χ2n) is 18.2. The molecule has 25 nitrogen and oxygen atoms in total. The summed E-state index contributed by atoms with van der Waals surface area (Å²) in [5.74, 6) is -8.44. The molecule has 3 aromatic rings. The highest BCUT2D eigenvalue weighted by Crippen LogP contribution is 2.20. The van der Waals surface area contributed by atoms with Crippen molar-refractivity contribution in [3.63, 3.8) is 0 Å². The van der Waals surface area contributed by atoms with Gasteiger partial charge in [0.15, 0.2) is 5.78 Å². The first kappa shape index (κ1) is 59.9. The molecule has 0 aliphatic carbocycles. The first-order valence-corrected chi connectivity index (χ1v) is 24.5. The number of Topliss-reactive ketones (excluding diaryl/α,β-unsaturated/α-hetero) is 1. The molecule has 4 amide bonds. The molecule has 1 aliphatic rings. The van der Waals surface area contributed by atoms with E-state index in [1.165, 1.54) is 6.92 Å². The van der Waals surface area contributed by atoms with Gasteiger partial charge in [-0.3, -0.25) is 62.9 Å². The van der Waals surface area contributed by atoms with Crippen LogP contribution in [-0.4, -0.2) is 216 Å². The standard InChI is InChI=1S/C50H67N9O16/c1-33(60)38(13-16-43(62)63)53-50(75)54-39(48(71)72)8-4-5-19-59(29-40-37-7-3-2-6-35(37)17-18-51-40)47(70)36-11-9-34(10-12-36)28-52-42(61)15-14-41(49(73)74)58-26-24-56(31-45(66)67)22-20-55(30-44(64)65)21-23-57(25-27-58)32-46(68)69/h2-3,6-7,9-12,17-18,38-39,41H,4-5,8,13-16,19-32H2,1H3,(H,52,61)(H,62,63)(H,64,65)(H,66,67)(H,68,69)(H,71,72)(H,73,74)(H2,53,54,75)/t38-,39-,41?/m1/s1. The number of nitrogens with one attached hydrogen (secondary N) is 3. The van der Waals surface area contributed by atoms with E-state index in [2.05, 4.69) is 20.9 Å². The van der Waals surface area contributed by atoms with Gasteiger partial charge in [0.2, 0.25) is 5.91 Å². The van der Waals surface area contributed by atoms with Crippen LogP contribution in [0.5, 0.6) is 0 Å². The number of rotatable bonds is 28. The molecule has 9 N–H and O–H groups in total. The van der Waals surface area contributed by atoms with Gasteiger partial charge in [0, 0.05) is 95.4 Å². The Bertz CT molecular complexity index is 2440. The van der Waals surface area contributed by atoms with Crippen molar-refractivity contribution in [2.24, 2.45) is 0 Å². The number of carbonyl (C=O) groups excluding carboxylic acids is 4. The number of fused-ring (bicyclic) bond motifs is 1. The minimum Gasteiger partial charge on any atom is -0.481 e. The molecule has 2 heterocycles. The maximum atomic E-state index is 14.2. The fourth-order valence-corrected chi connectivity index (χ4v) is 8.53. The van der Waals surface area contributed by atoms with E-state index < -0.39 is 71.7 Å². The maximum Gasteiger partial charge on any atom is 0.326 e. The number of ketones is 1. The number of urea groups is 1. The molecule has 3 atom stereocenters. The van der Waals surface area contributed by atoms with Crippen LogP contribution in [0.25, 0.3) is 10.8 Å². The van der Waals surface area contributed by atoms with Gasteiger partial charge < -0.3 is 51.5 Å². The Hall–Kier alpha value is -7.61. The summed E-state index contributed by atoms with van der Waals surface area (Å²) >= 11 is 0. The van der Waals surface area contributed by atoms with E-state index in [-0.39, 0.29) is 136 Å². The Morgan fingerprint density at radius 3 is 1.71 bits per heavy atom. The topological polar surface area (TPSA) is 357 Å². The third-order valence-corrected chi connectivity index (χ3v) is 12.6. The third-order valence-electron chi connectivity index (χ3n) is 12.6. The van der Waals surface area contributed by atoms with Crippen LogP contribution < -0.4 is 16.0 Å². The highest BCUT2D eigenvalue weighted by molar-refractivity contribution is 5.95. The summed E-state index contributed by atoms with van der Waals surface area (Å²) in [5.41, 5.74) is 1.53. The summed E-state index contributed by atoms with van der Waals surface area (Å²) in [4.78, 5) is 135. The van der Waals surface area contributed by atoms with Gasteiger partial charge in [0.25, 0.3) is 5.91 Å². The fourth-order valence-electron chi connectivity index (χ4n) is 8.53. The van der Waals surface area contributed by atoms with Crippen LogP contribution in [0.1, 0.15) is 73.5 Å². The maximum absolute atomic E-state index is 14.2. The zero-order chi connectivity index (χ0) is 55.0. The van der Waals surface area contributed by atoms with Crippen LogP contribution in [-0.2, 0) is 51.4 Å². The lowest BCUT2D eigenvalue weighted by molar-refractivity contribution is -0.145. The summed E-state index contributed by atoms with van der Waals surface area (Å²) < 4.78 is 0. The summed E-state index contributed by atoms with van der Waals surface area (Å²) in [6.45, 7) is 1.27. The van der Waals surface area contributed by atoms with E-state index >= 15 is 0 Å². The average molecular weight is 1050 g/mol. The number of carboxylic acids is 6. The molecule has 1 saturated heterocycles. The minimum atomic E-state index is -1.36. The van der Waals surface area contributed by atoms with Gasteiger partial charge in [0.1, 0.15) is 12.1 Å². The van der Waals surface area contributed by atoms with Gasteiger partial charge in [-0.05, 0) is 68.2 Å². The second kappa shape index (κ2) is 30.6. The SMILES string of the molecule is CC(=O)[C@@H](CCC(=O)O)NC(=O)N[C@H](CCCCN(Cc1nccc2ccccc12)C(=O)c1ccc(CNC(=O)CCC(C(=O)O)N2CCN(CC(=O)O)CCN(CC(=O)O)CCN(CC(=O)O)CC2)cc1)C(=O)O. The molecule has 1 aromatic heterocycles. The molecule has 25 heteroatoms. The van der Waals surface area contributed by atoms with Crippen molar-refractivity contribution >= 4 is 70.2 Å². The van der Waals surface area contributed by atoms with Crippen molar-refractivity contribution in [2.45, 2.75) is 83.1 Å². The number of aliphatic carboxylic acids is 6. The van der Waals surface area contributed by atoms with Crippen molar-refractivity contribution in [3.05, 3.63) is 77.6 Å². The third kappa shape index (κ3) is 21.4. The monoisotopic (exact) mass is 1050 g/mol. The van der Waals surface area contributed by atoms with Crippen LogP contribution in [0.15, 0.2) is 60.8 Å². The first-order chi connectivity index (χ1) is 35.7. The summed E-state index contributed by atoms with van der Waals surface area (Å²) in [6, 6.07) is 11.2. The molecule has 75 heavy (non-hydrogen) atoms. The molecular weight excluding hydrogens is 983 g/mol. The van der Waals surface area contributed by atoms with Gasteiger partial charge in [0.05, 0.1) is 37.9 Å². The summed E-state index contributed by atoms with van der Waals surface area (Å²) in [5, 5.41) is 66.9. The van der Waals surface area contributed by atoms with Crippen molar-refractivity contribution in [1.29, 1.82) is 0 Å². The lowest BCUT2D eigenvalue weighted by atomic mass is 10.1. The number of amides is 4. The Labute approximate surface area is 432 Å². The largest absolute Gasteiger partial charge is 0.481 e. The Morgan fingerprint density at radius 2 is 1.17 bits per heavy atom. The lowest BCUT2D eigenvalue weighted by Gasteiger charge is -2.35. The van der Waals surface area contributed by atoms with E-state index in [4.69, 9.17) is 5.11 Å². The predicted octanol–water partition coefficient (Wildman–Crippen LogP) is 0.947. The molecule has 0 bridgehead atoms. The molecule has 1 unspecified atom stereocenters. The molecule has 2 aromatic carbocycles. The number of hydrogen-bond acceptors (Lipinski definition) is 15. The normalized spacial score (nSPS) is 15.5. The Kier molecular flexibility index (Phi) is 24.4. The number of nitrogens with zero attached hydrogens (tertiary/aromatic N) is 6. The zero-order valence-electron chi connectivity index (χ0n) is 41.8. The molecule has 1 fully saturated rings. The molecule has 408 valence electrons. The molecule has 0 radical (unpaired) electrons. The highest BCUT2D eigenvalue weighted by Gasteiger charge is 2.29. The van der Waals surface area contributed by atoms with Crippen LogP contribution in [0.2, 0.25) is 0 Å². The molecule has 1 aliphatic heterocycles. The molecular formula is C50H67N9O16. The van der Waals surface area contributed by atoms with Crippen LogP contribution in [0.4, 0.5) is 4.79 Å². The number of pyridine rings is 1. The first-order valence-electron chi connectivity index (χ1n) is 24.5. The van der Waals surface area contributed by atoms with E-state index in [1.807, 2.05) is 30.3 Å². The van der Waals surface area contributed by atoms with Crippen molar-refractivity contribution < 1.29 is 78.6 Å². The Morgan fingerprint density at radius 1 is 0.613 bits per heavy atom. The van der Waals surface area contributed by atoms with Gasteiger partial charge in [-0.15, -0.1) is 0 Å². The van der Waals surface area contributed by atoms with Crippen LogP contribution >= 0.6 is 0 Å². The quantitative estimate of drug-likeness (QED) is 0.0457. The van der Waals surface area contributed by atoms with E-state index in [1.54, 1.807) is 55.0 Å². The van der Waals surface area contributed by atoms with Crippen molar-refractivity contribution in [2.75, 3.05) is 78.5 Å². The van der Waals surface area contributed by atoms with Crippen molar-refractivity contribution in [3.8, 4) is 0 Å². The van der Waals surface area contributed by atoms with E-state index in [9.17, 15) is 73.5 Å². The smallest absolute Gasteiger partial charge is 0.326 e. The number of benzene rings is 2. The summed E-state index contributed by atoms with van der Waals surface area (Å²) in [7, 11) is 0. The number of carbonyl (C=O) groups is 10. The highest BCUT2D eigenvalue weighted by atomic mass is 16.4. The molecule has 0 saturated carbocycles. The van der Waals surface area contributed by atoms with Crippen LogP contribution in [0, 0.1) is 0 Å².